The molecule has 8 heteroatoms. The van der Waals surface area contributed by atoms with Crippen molar-refractivity contribution in [2.45, 2.75) is 57.5 Å². The number of piperazine rings is 1. The fourth-order valence-corrected chi connectivity index (χ4v) is 3.77. The standard InChI is InChI=1S/C20H25F3N2O3/c1-19(2,3)28-18(27)25-11-15-9-17(26)12-24(15)10-16(25)8-13-4-6-14(7-5-13)20(21,22)23/h4-7,15-16H,8-12H2,1-3H3/t15-,16?/m0/s1. The van der Waals surface area contributed by atoms with Crippen LogP contribution >= 0.6 is 0 Å². The zero-order valence-corrected chi connectivity index (χ0v) is 16.3. The van der Waals surface area contributed by atoms with Gasteiger partial charge in [0.15, 0.2) is 0 Å². The highest BCUT2D eigenvalue weighted by molar-refractivity contribution is 5.83. The monoisotopic (exact) mass is 398 g/mol. The molecule has 1 amide bonds. The van der Waals surface area contributed by atoms with Crippen molar-refractivity contribution in [1.29, 1.82) is 0 Å². The molecule has 1 aromatic carbocycles. The number of ether oxygens (including phenoxy) is 1. The van der Waals surface area contributed by atoms with Crippen molar-refractivity contribution >= 4 is 11.9 Å². The first kappa shape index (κ1) is 20.6. The second-order valence-corrected chi connectivity index (χ2v) is 8.51. The molecule has 1 unspecified atom stereocenters. The second-order valence-electron chi connectivity index (χ2n) is 8.51. The highest BCUT2D eigenvalue weighted by atomic mass is 19.4. The number of hydrogen-bond donors (Lipinski definition) is 0. The van der Waals surface area contributed by atoms with E-state index in [-0.39, 0.29) is 17.9 Å². The Bertz CT molecular complexity index is 741. The van der Waals surface area contributed by atoms with Gasteiger partial charge in [-0.1, -0.05) is 12.1 Å². The van der Waals surface area contributed by atoms with Crippen molar-refractivity contribution in [3.05, 3.63) is 35.4 Å². The van der Waals surface area contributed by atoms with E-state index >= 15 is 0 Å². The molecule has 1 aromatic rings. The maximum Gasteiger partial charge on any atom is 0.416 e. The van der Waals surface area contributed by atoms with Gasteiger partial charge in [-0.2, -0.15) is 13.2 Å². The van der Waals surface area contributed by atoms with Gasteiger partial charge < -0.3 is 9.64 Å². The van der Waals surface area contributed by atoms with Crippen LogP contribution in [0.5, 0.6) is 0 Å². The molecule has 0 radical (unpaired) electrons. The van der Waals surface area contributed by atoms with Gasteiger partial charge in [-0.25, -0.2) is 4.79 Å². The number of fused-ring (bicyclic) bond motifs is 1. The molecule has 0 bridgehead atoms. The summed E-state index contributed by atoms with van der Waals surface area (Å²) in [6.45, 7) is 6.58. The molecule has 2 aliphatic rings. The molecule has 0 saturated carbocycles. The van der Waals surface area contributed by atoms with E-state index in [1.54, 1.807) is 25.7 Å². The van der Waals surface area contributed by atoms with Gasteiger partial charge >= 0.3 is 12.3 Å². The number of carbonyl (C=O) groups excluding carboxylic acids is 2. The second kappa shape index (κ2) is 7.39. The molecular weight excluding hydrogens is 373 g/mol. The lowest BCUT2D eigenvalue weighted by atomic mass is 9.99. The zero-order chi connectivity index (χ0) is 20.7. The predicted octanol–water partition coefficient (Wildman–Crippen LogP) is 3.51. The van der Waals surface area contributed by atoms with Gasteiger partial charge in [-0.3, -0.25) is 9.69 Å². The molecule has 0 aromatic heterocycles. The Morgan fingerprint density at radius 3 is 2.36 bits per heavy atom. The Balaban J connectivity index is 1.78. The predicted molar refractivity (Wildman–Crippen MR) is 96.9 cm³/mol. The number of ketones is 1. The van der Waals surface area contributed by atoms with E-state index in [0.717, 1.165) is 12.1 Å². The lowest BCUT2D eigenvalue weighted by molar-refractivity contribution is -0.137. The average molecular weight is 398 g/mol. The normalized spacial score (nSPS) is 23.6. The van der Waals surface area contributed by atoms with Crippen molar-refractivity contribution in [3.63, 3.8) is 0 Å². The van der Waals surface area contributed by atoms with Crippen molar-refractivity contribution < 1.29 is 27.5 Å². The van der Waals surface area contributed by atoms with E-state index < -0.39 is 23.4 Å². The molecular formula is C20H25F3N2O3. The van der Waals surface area contributed by atoms with E-state index in [2.05, 4.69) is 4.90 Å². The third-order valence-corrected chi connectivity index (χ3v) is 5.03. The molecule has 0 N–H and O–H groups in total. The first-order valence-corrected chi connectivity index (χ1v) is 9.34. The van der Waals surface area contributed by atoms with Crippen LogP contribution in [0.2, 0.25) is 0 Å². The minimum Gasteiger partial charge on any atom is -0.444 e. The highest BCUT2D eigenvalue weighted by Crippen LogP contribution is 2.30. The third kappa shape index (κ3) is 4.84. The minimum absolute atomic E-state index is 0.0242. The molecule has 2 saturated heterocycles. The summed E-state index contributed by atoms with van der Waals surface area (Å²) in [5.74, 6) is 0.143. The number of amides is 1. The van der Waals surface area contributed by atoms with Crippen LogP contribution < -0.4 is 0 Å². The molecule has 5 nitrogen and oxygen atoms in total. The summed E-state index contributed by atoms with van der Waals surface area (Å²) in [5.41, 5.74) is -0.650. The molecule has 2 atom stereocenters. The number of benzene rings is 1. The minimum atomic E-state index is -4.38. The van der Waals surface area contributed by atoms with Crippen LogP contribution in [0, 0.1) is 0 Å². The van der Waals surface area contributed by atoms with Crippen LogP contribution in [0.25, 0.3) is 0 Å². The zero-order valence-electron chi connectivity index (χ0n) is 16.3. The van der Waals surface area contributed by atoms with Crippen LogP contribution in [-0.2, 0) is 22.1 Å². The SMILES string of the molecule is CC(C)(C)OC(=O)N1C[C@@H]2CC(=O)CN2CC1Cc1ccc(C(F)(F)F)cc1. The first-order chi connectivity index (χ1) is 12.9. The summed E-state index contributed by atoms with van der Waals surface area (Å²) in [5, 5.41) is 0. The van der Waals surface area contributed by atoms with Crippen molar-refractivity contribution in [3.8, 4) is 0 Å². The number of halogens is 3. The van der Waals surface area contributed by atoms with Gasteiger partial charge in [-0.15, -0.1) is 0 Å². The summed E-state index contributed by atoms with van der Waals surface area (Å²) in [4.78, 5) is 28.2. The van der Waals surface area contributed by atoms with Gasteiger partial charge in [0.25, 0.3) is 0 Å². The van der Waals surface area contributed by atoms with E-state index in [4.69, 9.17) is 4.74 Å². The Hall–Kier alpha value is -2.09. The fraction of sp³-hybridized carbons (Fsp3) is 0.600. The van der Waals surface area contributed by atoms with E-state index in [0.29, 0.717) is 38.0 Å². The third-order valence-electron chi connectivity index (χ3n) is 5.03. The average Bonchev–Trinajstić information content (AvgIpc) is 2.91. The van der Waals surface area contributed by atoms with Crippen LogP contribution in [-0.4, -0.2) is 59.0 Å². The number of hydrogen-bond acceptors (Lipinski definition) is 4. The van der Waals surface area contributed by atoms with E-state index in [1.165, 1.54) is 12.1 Å². The smallest absolute Gasteiger partial charge is 0.416 e. The molecule has 0 aliphatic carbocycles. The van der Waals surface area contributed by atoms with Gasteiger partial charge in [0.05, 0.1) is 18.2 Å². The maximum atomic E-state index is 12.8. The summed E-state index contributed by atoms with van der Waals surface area (Å²) >= 11 is 0. The Labute approximate surface area is 162 Å². The lowest BCUT2D eigenvalue weighted by Gasteiger charge is -2.43. The number of rotatable bonds is 2. The van der Waals surface area contributed by atoms with Crippen LogP contribution in [0.1, 0.15) is 38.3 Å². The lowest BCUT2D eigenvalue weighted by Crippen LogP contribution is -2.59. The number of carbonyl (C=O) groups is 2. The molecule has 3 rings (SSSR count). The summed E-state index contributed by atoms with van der Waals surface area (Å²) < 4.78 is 43.9. The van der Waals surface area contributed by atoms with Crippen LogP contribution in [0.15, 0.2) is 24.3 Å². The van der Waals surface area contributed by atoms with Gasteiger partial charge in [-0.05, 0) is 44.9 Å². The number of Topliss-reactive ketones (excluding diaryl/α,β-unsaturated/α-hetero) is 1. The van der Waals surface area contributed by atoms with Crippen molar-refractivity contribution in [1.82, 2.24) is 9.80 Å². The Morgan fingerprint density at radius 2 is 1.79 bits per heavy atom. The quantitative estimate of drug-likeness (QED) is 0.765. The number of nitrogens with zero attached hydrogens (tertiary/aromatic N) is 2. The topological polar surface area (TPSA) is 49.9 Å². The van der Waals surface area contributed by atoms with E-state index in [1.807, 2.05) is 0 Å². The Morgan fingerprint density at radius 1 is 1.14 bits per heavy atom. The summed E-state index contributed by atoms with van der Waals surface area (Å²) in [7, 11) is 0. The Kier molecular flexibility index (Phi) is 5.44. The van der Waals surface area contributed by atoms with Gasteiger partial charge in [0.2, 0.25) is 0 Å². The van der Waals surface area contributed by atoms with Gasteiger partial charge in [0.1, 0.15) is 11.4 Å². The highest BCUT2D eigenvalue weighted by Gasteiger charge is 2.42. The first-order valence-electron chi connectivity index (χ1n) is 9.34. The van der Waals surface area contributed by atoms with Crippen LogP contribution in [0.3, 0.4) is 0 Å². The molecule has 28 heavy (non-hydrogen) atoms. The maximum absolute atomic E-state index is 12.8. The fourth-order valence-electron chi connectivity index (χ4n) is 3.77. The molecule has 2 heterocycles. The van der Waals surface area contributed by atoms with Crippen molar-refractivity contribution in [2.75, 3.05) is 19.6 Å². The molecule has 2 aliphatic heterocycles. The summed E-state index contributed by atoms with van der Waals surface area (Å²) in [6, 6.07) is 4.70. The van der Waals surface area contributed by atoms with Gasteiger partial charge in [0, 0.05) is 25.6 Å². The molecule has 154 valence electrons. The van der Waals surface area contributed by atoms with E-state index in [9.17, 15) is 22.8 Å². The largest absolute Gasteiger partial charge is 0.444 e. The summed E-state index contributed by atoms with van der Waals surface area (Å²) in [6.07, 6.45) is -4.03. The van der Waals surface area contributed by atoms with Crippen LogP contribution in [0.4, 0.5) is 18.0 Å². The number of alkyl halides is 3. The molecule has 2 fully saturated rings. The molecule has 0 spiro atoms. The van der Waals surface area contributed by atoms with Crippen molar-refractivity contribution in [2.24, 2.45) is 0 Å².